The van der Waals surface area contributed by atoms with Crippen LogP contribution in [0.1, 0.15) is 24.8 Å². The van der Waals surface area contributed by atoms with Gasteiger partial charge in [-0.05, 0) is 30.9 Å². The van der Waals surface area contributed by atoms with Crippen LogP contribution in [0.2, 0.25) is 0 Å². The lowest BCUT2D eigenvalue weighted by molar-refractivity contribution is -0.143. The highest BCUT2D eigenvalue weighted by molar-refractivity contribution is 9.10. The van der Waals surface area contributed by atoms with Gasteiger partial charge in [-0.2, -0.15) is 0 Å². The minimum atomic E-state index is -0.930. The van der Waals surface area contributed by atoms with Crippen molar-refractivity contribution in [2.24, 2.45) is 0 Å². The van der Waals surface area contributed by atoms with Crippen LogP contribution in [-0.4, -0.2) is 34.6 Å². The van der Waals surface area contributed by atoms with Gasteiger partial charge < -0.3 is 15.3 Å². The molecule has 0 saturated carbocycles. The van der Waals surface area contributed by atoms with Crippen LogP contribution in [0.25, 0.3) is 0 Å². The van der Waals surface area contributed by atoms with Gasteiger partial charge in [0.15, 0.2) is 0 Å². The third kappa shape index (κ3) is 3.50. The number of carbonyl (C=O) groups is 2. The zero-order chi connectivity index (χ0) is 14.5. The zero-order valence-electron chi connectivity index (χ0n) is 11.0. The second-order valence-corrected chi connectivity index (χ2v) is 5.65. The molecule has 0 aliphatic carbocycles. The Kier molecular flexibility index (Phi) is 5.00. The number of likely N-dealkylation sites (tertiary alicyclic amines) is 1. The molecule has 0 spiro atoms. The Hall–Kier alpha value is -1.56. The molecule has 2 N–H and O–H groups in total. The van der Waals surface area contributed by atoms with Crippen molar-refractivity contribution in [2.75, 3.05) is 6.54 Å². The molecule has 1 aliphatic rings. The third-order valence-corrected chi connectivity index (χ3v) is 4.21. The summed E-state index contributed by atoms with van der Waals surface area (Å²) in [6, 6.07) is 6.60. The molecule has 1 heterocycles. The lowest BCUT2D eigenvalue weighted by Crippen LogP contribution is -2.51. The van der Waals surface area contributed by atoms with Crippen molar-refractivity contribution in [3.05, 3.63) is 34.3 Å². The monoisotopic (exact) mass is 340 g/mol. The Labute approximate surface area is 126 Å². The fourth-order valence-corrected chi connectivity index (χ4v) is 2.77. The van der Waals surface area contributed by atoms with Crippen molar-refractivity contribution in [3.8, 4) is 0 Å². The number of amides is 2. The van der Waals surface area contributed by atoms with Gasteiger partial charge in [0.25, 0.3) is 0 Å². The number of hydrogen-bond acceptors (Lipinski definition) is 2. The molecule has 0 bridgehead atoms. The molecule has 20 heavy (non-hydrogen) atoms. The van der Waals surface area contributed by atoms with E-state index in [1.165, 1.54) is 4.90 Å². The summed E-state index contributed by atoms with van der Waals surface area (Å²) in [6.07, 6.45) is 2.23. The number of aliphatic carboxylic acids is 1. The van der Waals surface area contributed by atoms with Crippen LogP contribution in [-0.2, 0) is 11.3 Å². The average molecular weight is 341 g/mol. The van der Waals surface area contributed by atoms with Gasteiger partial charge in [-0.3, -0.25) is 0 Å². The second-order valence-electron chi connectivity index (χ2n) is 4.79. The van der Waals surface area contributed by atoms with E-state index in [1.54, 1.807) is 0 Å². The molecule has 0 aromatic heterocycles. The van der Waals surface area contributed by atoms with E-state index in [4.69, 9.17) is 5.11 Å². The maximum absolute atomic E-state index is 12.1. The van der Waals surface area contributed by atoms with Crippen molar-refractivity contribution in [3.63, 3.8) is 0 Å². The highest BCUT2D eigenvalue weighted by atomic mass is 79.9. The lowest BCUT2D eigenvalue weighted by atomic mass is 10.0. The summed E-state index contributed by atoms with van der Waals surface area (Å²) in [5.41, 5.74) is 0.963. The van der Waals surface area contributed by atoms with E-state index < -0.39 is 12.0 Å². The maximum Gasteiger partial charge on any atom is 0.326 e. The fourth-order valence-electron chi connectivity index (χ4n) is 2.35. The number of nitrogens with zero attached hydrogens (tertiary/aromatic N) is 1. The van der Waals surface area contributed by atoms with Crippen LogP contribution in [0.3, 0.4) is 0 Å². The van der Waals surface area contributed by atoms with Gasteiger partial charge in [0.2, 0.25) is 0 Å². The first kappa shape index (κ1) is 14.8. The average Bonchev–Trinajstić information content (AvgIpc) is 2.46. The van der Waals surface area contributed by atoms with Crippen LogP contribution in [0.4, 0.5) is 4.79 Å². The summed E-state index contributed by atoms with van der Waals surface area (Å²) >= 11 is 3.42. The van der Waals surface area contributed by atoms with Crippen molar-refractivity contribution in [2.45, 2.75) is 31.8 Å². The second kappa shape index (κ2) is 6.74. The van der Waals surface area contributed by atoms with Crippen LogP contribution in [0.5, 0.6) is 0 Å². The topological polar surface area (TPSA) is 69.6 Å². The molecule has 6 heteroatoms. The molecule has 1 unspecified atom stereocenters. The number of carbonyl (C=O) groups excluding carboxylic acids is 1. The number of urea groups is 1. The summed E-state index contributed by atoms with van der Waals surface area (Å²) in [4.78, 5) is 24.7. The van der Waals surface area contributed by atoms with Gasteiger partial charge in [0.1, 0.15) is 6.04 Å². The van der Waals surface area contributed by atoms with Crippen molar-refractivity contribution >= 4 is 27.9 Å². The molecule has 1 aromatic rings. The van der Waals surface area contributed by atoms with Gasteiger partial charge in [0.05, 0.1) is 0 Å². The number of benzene rings is 1. The fraction of sp³-hybridized carbons (Fsp3) is 0.429. The van der Waals surface area contributed by atoms with Crippen LogP contribution in [0.15, 0.2) is 28.7 Å². The van der Waals surface area contributed by atoms with Crippen molar-refractivity contribution in [1.29, 1.82) is 0 Å². The molecule has 1 atom stereocenters. The highest BCUT2D eigenvalue weighted by Crippen LogP contribution is 2.18. The molecule has 0 radical (unpaired) electrons. The predicted molar refractivity (Wildman–Crippen MR) is 78.4 cm³/mol. The van der Waals surface area contributed by atoms with Crippen LogP contribution >= 0.6 is 15.9 Å². The molecule has 1 saturated heterocycles. The number of carboxylic acids is 1. The third-order valence-electron chi connectivity index (χ3n) is 3.44. The molecule has 1 aliphatic heterocycles. The van der Waals surface area contributed by atoms with Crippen LogP contribution in [0, 0.1) is 0 Å². The van der Waals surface area contributed by atoms with Crippen molar-refractivity contribution < 1.29 is 14.7 Å². The quantitative estimate of drug-likeness (QED) is 0.888. The number of rotatable bonds is 3. The molecule has 5 nitrogen and oxygen atoms in total. The molecule has 2 amide bonds. The number of hydrogen-bond donors (Lipinski definition) is 2. The smallest absolute Gasteiger partial charge is 0.326 e. The molecule has 1 fully saturated rings. The number of nitrogens with one attached hydrogen (secondary N) is 1. The normalized spacial score (nSPS) is 18.6. The van der Waals surface area contributed by atoms with E-state index in [1.807, 2.05) is 24.3 Å². The summed E-state index contributed by atoms with van der Waals surface area (Å²) in [6.45, 7) is 0.877. The molecule has 108 valence electrons. The Balaban J connectivity index is 1.97. The van der Waals surface area contributed by atoms with E-state index in [9.17, 15) is 9.59 Å². The SMILES string of the molecule is O=C(O)C1CCCCN1C(=O)NCc1ccccc1Br. The van der Waals surface area contributed by atoms with Gasteiger partial charge >= 0.3 is 12.0 Å². The number of piperidine rings is 1. The summed E-state index contributed by atoms with van der Waals surface area (Å²) in [5.74, 6) is -0.930. The van der Waals surface area contributed by atoms with E-state index in [2.05, 4.69) is 21.2 Å². The summed E-state index contributed by atoms with van der Waals surface area (Å²) < 4.78 is 0.925. The first-order chi connectivity index (χ1) is 9.59. The van der Waals surface area contributed by atoms with E-state index in [-0.39, 0.29) is 6.03 Å². The zero-order valence-corrected chi connectivity index (χ0v) is 12.6. The van der Waals surface area contributed by atoms with Crippen LogP contribution < -0.4 is 5.32 Å². The summed E-state index contributed by atoms with van der Waals surface area (Å²) in [5, 5.41) is 11.9. The predicted octanol–water partition coefficient (Wildman–Crippen LogP) is 2.60. The minimum absolute atomic E-state index is 0.312. The first-order valence-corrected chi connectivity index (χ1v) is 7.39. The standard InChI is InChI=1S/C14H17BrN2O3/c15-11-6-2-1-5-10(11)9-16-14(20)17-8-4-3-7-12(17)13(18)19/h1-2,5-6,12H,3-4,7-9H2,(H,16,20)(H,18,19). The molecule has 2 rings (SSSR count). The Morgan fingerprint density at radius 2 is 2.10 bits per heavy atom. The van der Waals surface area contributed by atoms with E-state index in [0.717, 1.165) is 22.9 Å². The molecular weight excluding hydrogens is 324 g/mol. The summed E-state index contributed by atoms with van der Waals surface area (Å²) in [7, 11) is 0. The van der Waals surface area contributed by atoms with E-state index >= 15 is 0 Å². The Morgan fingerprint density at radius 1 is 1.35 bits per heavy atom. The lowest BCUT2D eigenvalue weighted by Gasteiger charge is -2.32. The highest BCUT2D eigenvalue weighted by Gasteiger charge is 2.31. The molecular formula is C14H17BrN2O3. The molecule has 1 aromatic carbocycles. The van der Waals surface area contributed by atoms with Crippen molar-refractivity contribution in [1.82, 2.24) is 10.2 Å². The van der Waals surface area contributed by atoms with Gasteiger partial charge in [0, 0.05) is 17.6 Å². The Bertz CT molecular complexity index is 507. The largest absolute Gasteiger partial charge is 0.480 e. The van der Waals surface area contributed by atoms with Gasteiger partial charge in [-0.1, -0.05) is 34.1 Å². The van der Waals surface area contributed by atoms with E-state index in [0.29, 0.717) is 19.5 Å². The van der Waals surface area contributed by atoms with Gasteiger partial charge in [-0.25, -0.2) is 9.59 Å². The maximum atomic E-state index is 12.1. The number of carboxylic acid groups (broad SMARTS) is 1. The Morgan fingerprint density at radius 3 is 2.80 bits per heavy atom. The number of halogens is 1. The van der Waals surface area contributed by atoms with Gasteiger partial charge in [-0.15, -0.1) is 0 Å². The minimum Gasteiger partial charge on any atom is -0.480 e. The first-order valence-electron chi connectivity index (χ1n) is 6.60.